The predicted octanol–water partition coefficient (Wildman–Crippen LogP) is 1.67. The number of benzene rings is 1. The van der Waals surface area contributed by atoms with Gasteiger partial charge in [0.05, 0.1) is 23.3 Å². The van der Waals surface area contributed by atoms with Crippen LogP contribution in [-0.4, -0.2) is 26.4 Å². The number of sulfonamides is 1. The third-order valence-electron chi connectivity index (χ3n) is 3.00. The Balaban J connectivity index is 2.41. The molecule has 0 saturated heterocycles. The van der Waals surface area contributed by atoms with Crippen molar-refractivity contribution in [3.05, 3.63) is 34.3 Å². The second kappa shape index (κ2) is 5.93. The first-order valence-electron chi connectivity index (χ1n) is 6.19. The van der Waals surface area contributed by atoms with Crippen LogP contribution in [0.4, 0.5) is 5.13 Å². The molecule has 22 heavy (non-hydrogen) atoms. The van der Waals surface area contributed by atoms with Gasteiger partial charge in [-0.3, -0.25) is 9.52 Å². The maximum atomic E-state index is 12.4. The smallest absolute Gasteiger partial charge is 0.263 e. The SMILES string of the molecule is COc1ccc(S(=O)(=O)Nc2nc(C)c(C)s2)cc1C(N)=O. The van der Waals surface area contributed by atoms with Crippen LogP contribution in [0.15, 0.2) is 23.1 Å². The Morgan fingerprint density at radius 2 is 2.05 bits per heavy atom. The molecular weight excluding hydrogens is 326 g/mol. The molecule has 2 rings (SSSR count). The molecule has 0 fully saturated rings. The quantitative estimate of drug-likeness (QED) is 0.859. The first-order valence-corrected chi connectivity index (χ1v) is 8.49. The number of nitrogens with two attached hydrogens (primary N) is 1. The minimum Gasteiger partial charge on any atom is -0.496 e. The van der Waals surface area contributed by atoms with E-state index in [9.17, 15) is 13.2 Å². The van der Waals surface area contributed by atoms with Crippen molar-refractivity contribution >= 4 is 32.4 Å². The van der Waals surface area contributed by atoms with Gasteiger partial charge in [-0.25, -0.2) is 13.4 Å². The van der Waals surface area contributed by atoms with Gasteiger partial charge in [0.15, 0.2) is 5.13 Å². The van der Waals surface area contributed by atoms with E-state index >= 15 is 0 Å². The van der Waals surface area contributed by atoms with Gasteiger partial charge in [0, 0.05) is 4.88 Å². The summed E-state index contributed by atoms with van der Waals surface area (Å²) in [7, 11) is -2.49. The number of methoxy groups -OCH3 is 1. The number of carbonyl (C=O) groups excluding carboxylic acids is 1. The van der Waals surface area contributed by atoms with Crippen LogP contribution in [-0.2, 0) is 10.0 Å². The molecule has 118 valence electrons. The molecule has 9 heteroatoms. The highest BCUT2D eigenvalue weighted by molar-refractivity contribution is 7.93. The molecule has 0 spiro atoms. The van der Waals surface area contributed by atoms with Crippen LogP contribution in [0.5, 0.6) is 5.75 Å². The molecule has 0 aliphatic carbocycles. The van der Waals surface area contributed by atoms with Crippen LogP contribution in [0.3, 0.4) is 0 Å². The minimum absolute atomic E-state index is 0.00289. The van der Waals surface area contributed by atoms with E-state index in [0.717, 1.165) is 10.6 Å². The molecule has 3 N–H and O–H groups in total. The summed E-state index contributed by atoms with van der Waals surface area (Å²) in [5.41, 5.74) is 5.99. The molecule has 0 saturated carbocycles. The maximum absolute atomic E-state index is 12.4. The average Bonchev–Trinajstić information content (AvgIpc) is 2.75. The number of nitrogens with zero attached hydrogens (tertiary/aromatic N) is 1. The van der Waals surface area contributed by atoms with E-state index in [1.807, 2.05) is 6.92 Å². The number of hydrogen-bond acceptors (Lipinski definition) is 6. The normalized spacial score (nSPS) is 11.2. The van der Waals surface area contributed by atoms with Crippen molar-refractivity contribution in [2.45, 2.75) is 18.7 Å². The van der Waals surface area contributed by atoms with Crippen molar-refractivity contribution in [1.82, 2.24) is 4.98 Å². The highest BCUT2D eigenvalue weighted by Gasteiger charge is 2.20. The average molecular weight is 341 g/mol. The van der Waals surface area contributed by atoms with Gasteiger partial charge in [0.1, 0.15) is 5.75 Å². The Hall–Kier alpha value is -2.13. The fourth-order valence-corrected chi connectivity index (χ4v) is 3.81. The summed E-state index contributed by atoms with van der Waals surface area (Å²) in [4.78, 5) is 16.3. The highest BCUT2D eigenvalue weighted by Crippen LogP contribution is 2.26. The van der Waals surface area contributed by atoms with Gasteiger partial charge in [-0.1, -0.05) is 0 Å². The molecule has 0 aliphatic rings. The number of carbonyl (C=O) groups is 1. The van der Waals surface area contributed by atoms with Crippen molar-refractivity contribution in [1.29, 1.82) is 0 Å². The van der Waals surface area contributed by atoms with E-state index in [1.54, 1.807) is 6.92 Å². The van der Waals surface area contributed by atoms with E-state index < -0.39 is 15.9 Å². The number of thiazole rings is 1. The summed E-state index contributed by atoms with van der Waals surface area (Å²) in [5.74, 6) is -0.553. The van der Waals surface area contributed by atoms with Crippen molar-refractivity contribution in [2.24, 2.45) is 5.73 Å². The van der Waals surface area contributed by atoms with Crippen molar-refractivity contribution in [3.63, 3.8) is 0 Å². The number of anilines is 1. The molecule has 1 heterocycles. The molecular formula is C13H15N3O4S2. The minimum atomic E-state index is -3.86. The summed E-state index contributed by atoms with van der Waals surface area (Å²) in [6, 6.07) is 3.89. The van der Waals surface area contributed by atoms with Crippen molar-refractivity contribution in [3.8, 4) is 5.75 Å². The number of rotatable bonds is 5. The summed E-state index contributed by atoms with van der Waals surface area (Å²) in [5, 5.41) is 0.270. The number of ether oxygens (including phenoxy) is 1. The zero-order chi connectivity index (χ0) is 16.5. The molecule has 1 amide bonds. The zero-order valence-electron chi connectivity index (χ0n) is 12.2. The number of hydrogen-bond donors (Lipinski definition) is 2. The molecule has 2 aromatic rings. The van der Waals surface area contributed by atoms with E-state index in [2.05, 4.69) is 9.71 Å². The number of primary amides is 1. The van der Waals surface area contributed by atoms with Gasteiger partial charge in [-0.2, -0.15) is 0 Å². The number of aryl methyl sites for hydroxylation is 2. The van der Waals surface area contributed by atoms with Crippen LogP contribution in [0.2, 0.25) is 0 Å². The fourth-order valence-electron chi connectivity index (χ4n) is 1.74. The van der Waals surface area contributed by atoms with Gasteiger partial charge in [0.25, 0.3) is 15.9 Å². The third-order valence-corrected chi connectivity index (χ3v) is 5.45. The zero-order valence-corrected chi connectivity index (χ0v) is 13.8. The lowest BCUT2D eigenvalue weighted by Gasteiger charge is -2.09. The fraction of sp³-hybridized carbons (Fsp3) is 0.231. The Bertz CT molecular complexity index is 808. The molecule has 0 unspecified atom stereocenters. The third kappa shape index (κ3) is 3.20. The lowest BCUT2D eigenvalue weighted by atomic mass is 10.2. The standard InChI is InChI=1S/C13H15N3O4S2/c1-7-8(2)21-13(15-7)16-22(18,19)9-4-5-11(20-3)10(6-9)12(14)17/h4-6H,1-3H3,(H2,14,17)(H,15,16). The van der Waals surface area contributed by atoms with Gasteiger partial charge in [-0.05, 0) is 32.0 Å². The van der Waals surface area contributed by atoms with E-state index in [4.69, 9.17) is 10.5 Å². The number of nitrogens with one attached hydrogen (secondary N) is 1. The van der Waals surface area contributed by atoms with Gasteiger partial charge in [0.2, 0.25) is 0 Å². The van der Waals surface area contributed by atoms with Crippen LogP contribution in [0.25, 0.3) is 0 Å². The molecule has 0 bridgehead atoms. The molecule has 7 nitrogen and oxygen atoms in total. The van der Waals surface area contributed by atoms with Gasteiger partial charge >= 0.3 is 0 Å². The molecule has 0 radical (unpaired) electrons. The Kier molecular flexibility index (Phi) is 4.38. The highest BCUT2D eigenvalue weighted by atomic mass is 32.2. The predicted molar refractivity (Wildman–Crippen MR) is 83.9 cm³/mol. The Labute approximate surface area is 132 Å². The number of amides is 1. The first kappa shape index (κ1) is 16.2. The van der Waals surface area contributed by atoms with Gasteiger partial charge < -0.3 is 10.5 Å². The van der Waals surface area contributed by atoms with Gasteiger partial charge in [-0.15, -0.1) is 11.3 Å². The monoisotopic (exact) mass is 341 g/mol. The summed E-state index contributed by atoms with van der Waals surface area (Å²) in [6.45, 7) is 3.64. The van der Waals surface area contributed by atoms with Crippen LogP contribution in [0, 0.1) is 13.8 Å². The second-order valence-electron chi connectivity index (χ2n) is 4.49. The summed E-state index contributed by atoms with van der Waals surface area (Å²) in [6.07, 6.45) is 0. The van der Waals surface area contributed by atoms with E-state index in [1.165, 1.54) is 36.6 Å². The lowest BCUT2D eigenvalue weighted by molar-refractivity contribution is 0.0997. The summed E-state index contributed by atoms with van der Waals surface area (Å²) >= 11 is 1.24. The van der Waals surface area contributed by atoms with Crippen LogP contribution in [0.1, 0.15) is 20.9 Å². The second-order valence-corrected chi connectivity index (χ2v) is 7.38. The van der Waals surface area contributed by atoms with Crippen molar-refractivity contribution in [2.75, 3.05) is 11.8 Å². The first-order chi connectivity index (χ1) is 10.2. The maximum Gasteiger partial charge on any atom is 0.263 e. The van der Waals surface area contributed by atoms with E-state index in [0.29, 0.717) is 0 Å². The molecule has 0 aliphatic heterocycles. The largest absolute Gasteiger partial charge is 0.496 e. The van der Waals surface area contributed by atoms with Crippen molar-refractivity contribution < 1.29 is 17.9 Å². The summed E-state index contributed by atoms with van der Waals surface area (Å²) < 4.78 is 32.1. The Morgan fingerprint density at radius 1 is 1.36 bits per heavy atom. The Morgan fingerprint density at radius 3 is 2.55 bits per heavy atom. The van der Waals surface area contributed by atoms with Crippen LogP contribution < -0.4 is 15.2 Å². The van der Waals surface area contributed by atoms with Crippen LogP contribution >= 0.6 is 11.3 Å². The lowest BCUT2D eigenvalue weighted by Crippen LogP contribution is -2.16. The van der Waals surface area contributed by atoms with E-state index in [-0.39, 0.29) is 21.3 Å². The molecule has 1 aromatic carbocycles. The topological polar surface area (TPSA) is 111 Å². The molecule has 1 aromatic heterocycles. The number of aromatic nitrogens is 1. The molecule has 0 atom stereocenters.